The zero-order chi connectivity index (χ0) is 12.3. The second-order valence-electron chi connectivity index (χ2n) is 5.20. The van der Waals surface area contributed by atoms with Crippen LogP contribution in [0.1, 0.15) is 6.42 Å². The van der Waals surface area contributed by atoms with Crippen molar-refractivity contribution in [1.29, 1.82) is 0 Å². The van der Waals surface area contributed by atoms with Crippen LogP contribution < -0.4 is 4.90 Å². The van der Waals surface area contributed by atoms with Crippen molar-refractivity contribution in [3.8, 4) is 0 Å². The summed E-state index contributed by atoms with van der Waals surface area (Å²) >= 11 is 0. The number of nitrogens with zero attached hydrogens (tertiary/aromatic N) is 2. The normalized spacial score (nSPS) is 36.6. The summed E-state index contributed by atoms with van der Waals surface area (Å²) in [6, 6.07) is 5.29. The lowest BCUT2D eigenvalue weighted by Gasteiger charge is -2.15. The van der Waals surface area contributed by atoms with Gasteiger partial charge in [0.2, 0.25) is 11.8 Å². The van der Waals surface area contributed by atoms with Crippen LogP contribution in [0.2, 0.25) is 0 Å². The standard InChI is InChI=1S/C14H12N2O2/c17-13-11-8-4-5-9(7-8)12(11)14(18)16(13)10-3-1-2-6-15-10/h1-6,8-9,11-12H,7H2/t8-,9+,11-,12-/m1/s1. The molecule has 4 atom stereocenters. The Bertz CT molecular complexity index is 536. The summed E-state index contributed by atoms with van der Waals surface area (Å²) in [6.07, 6.45) is 6.76. The van der Waals surface area contributed by atoms with Crippen molar-refractivity contribution in [2.45, 2.75) is 6.42 Å². The van der Waals surface area contributed by atoms with Crippen molar-refractivity contribution in [3.63, 3.8) is 0 Å². The molecule has 0 spiro atoms. The maximum atomic E-state index is 12.4. The molecule has 0 unspecified atom stereocenters. The van der Waals surface area contributed by atoms with Crippen molar-refractivity contribution >= 4 is 17.6 Å². The number of pyridine rings is 1. The fourth-order valence-corrected chi connectivity index (χ4v) is 3.61. The average molecular weight is 240 g/mol. The molecule has 18 heavy (non-hydrogen) atoms. The van der Waals surface area contributed by atoms with Crippen molar-refractivity contribution in [1.82, 2.24) is 4.98 Å². The van der Waals surface area contributed by atoms with Crippen molar-refractivity contribution in [2.75, 3.05) is 4.90 Å². The summed E-state index contributed by atoms with van der Waals surface area (Å²) in [5.74, 6) is 0.543. The van der Waals surface area contributed by atoms with Gasteiger partial charge >= 0.3 is 0 Å². The fourth-order valence-electron chi connectivity index (χ4n) is 3.61. The van der Waals surface area contributed by atoms with E-state index in [-0.39, 0.29) is 35.5 Å². The third kappa shape index (κ3) is 1.08. The Balaban J connectivity index is 1.77. The molecule has 2 amide bonds. The van der Waals surface area contributed by atoms with E-state index in [1.165, 1.54) is 4.90 Å². The number of imide groups is 1. The average Bonchev–Trinajstić information content (AvgIpc) is 3.05. The van der Waals surface area contributed by atoms with Crippen LogP contribution >= 0.6 is 0 Å². The van der Waals surface area contributed by atoms with Crippen molar-refractivity contribution in [2.24, 2.45) is 23.7 Å². The Hall–Kier alpha value is -1.97. The number of aromatic nitrogens is 1. The first-order valence-electron chi connectivity index (χ1n) is 6.24. The molecule has 2 fully saturated rings. The number of fused-ring (bicyclic) bond motifs is 5. The molecule has 1 aromatic heterocycles. The fraction of sp³-hybridized carbons (Fsp3) is 0.357. The molecule has 0 radical (unpaired) electrons. The van der Waals surface area contributed by atoms with Crippen LogP contribution in [0.25, 0.3) is 0 Å². The molecular weight excluding hydrogens is 228 g/mol. The largest absolute Gasteiger partial charge is 0.274 e. The van der Waals surface area contributed by atoms with Crippen LogP contribution in [-0.2, 0) is 9.59 Å². The smallest absolute Gasteiger partial charge is 0.239 e. The monoisotopic (exact) mass is 240 g/mol. The second kappa shape index (κ2) is 3.28. The van der Waals surface area contributed by atoms with Crippen LogP contribution in [-0.4, -0.2) is 16.8 Å². The van der Waals surface area contributed by atoms with Gasteiger partial charge in [0.05, 0.1) is 11.8 Å². The Kier molecular flexibility index (Phi) is 1.82. The van der Waals surface area contributed by atoms with Gasteiger partial charge in [-0.2, -0.15) is 0 Å². The molecule has 2 aliphatic carbocycles. The van der Waals surface area contributed by atoms with Gasteiger partial charge in [0.25, 0.3) is 0 Å². The first-order valence-corrected chi connectivity index (χ1v) is 6.24. The van der Waals surface area contributed by atoms with Crippen molar-refractivity contribution < 1.29 is 9.59 Å². The minimum atomic E-state index is -0.144. The predicted molar refractivity (Wildman–Crippen MR) is 64.4 cm³/mol. The molecule has 1 aromatic rings. The SMILES string of the molecule is O=C1[C@H]2[C@H](C(=O)N1c1ccccn1)[C@H]1C=C[C@@H]2C1. The highest BCUT2D eigenvalue weighted by molar-refractivity contribution is 6.22. The van der Waals surface area contributed by atoms with Crippen molar-refractivity contribution in [3.05, 3.63) is 36.5 Å². The molecule has 90 valence electrons. The van der Waals surface area contributed by atoms with Gasteiger partial charge in [0, 0.05) is 6.20 Å². The van der Waals surface area contributed by atoms with Crippen LogP contribution in [0.15, 0.2) is 36.5 Å². The van der Waals surface area contributed by atoms with Gasteiger partial charge < -0.3 is 0 Å². The van der Waals surface area contributed by atoms with Gasteiger partial charge in [-0.25, -0.2) is 9.88 Å². The van der Waals surface area contributed by atoms with E-state index in [1.807, 2.05) is 0 Å². The topological polar surface area (TPSA) is 50.3 Å². The van der Waals surface area contributed by atoms with E-state index in [2.05, 4.69) is 17.1 Å². The van der Waals surface area contributed by atoms with Gasteiger partial charge in [0.1, 0.15) is 5.82 Å². The maximum absolute atomic E-state index is 12.4. The van der Waals surface area contributed by atoms with Crippen LogP contribution in [0.3, 0.4) is 0 Å². The zero-order valence-corrected chi connectivity index (χ0v) is 9.69. The summed E-state index contributed by atoms with van der Waals surface area (Å²) in [5.41, 5.74) is 0. The number of allylic oxidation sites excluding steroid dienone is 2. The quantitative estimate of drug-likeness (QED) is 0.550. The van der Waals surface area contributed by atoms with E-state index in [9.17, 15) is 9.59 Å². The number of rotatable bonds is 1. The van der Waals surface area contributed by atoms with Gasteiger partial charge in [0.15, 0.2) is 0 Å². The van der Waals surface area contributed by atoms with E-state index in [0.717, 1.165) is 6.42 Å². The lowest BCUT2D eigenvalue weighted by Crippen LogP contribution is -2.33. The molecule has 1 saturated heterocycles. The molecular formula is C14H12N2O2. The maximum Gasteiger partial charge on any atom is 0.239 e. The second-order valence-corrected chi connectivity index (χ2v) is 5.20. The van der Waals surface area contributed by atoms with E-state index in [4.69, 9.17) is 0 Å². The van der Waals surface area contributed by atoms with E-state index in [0.29, 0.717) is 5.82 Å². The van der Waals surface area contributed by atoms with Gasteiger partial charge in [-0.15, -0.1) is 0 Å². The molecule has 1 saturated carbocycles. The lowest BCUT2D eigenvalue weighted by atomic mass is 9.85. The van der Waals surface area contributed by atoms with E-state index in [1.54, 1.807) is 24.4 Å². The summed E-state index contributed by atoms with van der Waals surface area (Å²) < 4.78 is 0. The number of carbonyl (C=O) groups excluding carboxylic acids is 2. The summed E-state index contributed by atoms with van der Waals surface area (Å²) in [5, 5.41) is 0. The minimum absolute atomic E-state index is 0.0689. The number of carbonyl (C=O) groups is 2. The third-order valence-electron chi connectivity index (χ3n) is 4.35. The molecule has 1 aliphatic heterocycles. The first kappa shape index (κ1) is 10.00. The molecule has 2 heterocycles. The van der Waals surface area contributed by atoms with Crippen LogP contribution in [0.5, 0.6) is 0 Å². The highest BCUT2D eigenvalue weighted by Crippen LogP contribution is 2.52. The molecule has 0 aromatic carbocycles. The lowest BCUT2D eigenvalue weighted by molar-refractivity contribution is -0.123. The van der Waals surface area contributed by atoms with Crippen LogP contribution in [0.4, 0.5) is 5.82 Å². The molecule has 4 heteroatoms. The minimum Gasteiger partial charge on any atom is -0.274 e. The number of anilines is 1. The molecule has 2 bridgehead atoms. The van der Waals surface area contributed by atoms with Gasteiger partial charge in [-0.05, 0) is 30.4 Å². The number of hydrogen-bond acceptors (Lipinski definition) is 3. The zero-order valence-electron chi connectivity index (χ0n) is 9.69. The number of amides is 2. The highest BCUT2D eigenvalue weighted by Gasteiger charge is 2.59. The van der Waals surface area contributed by atoms with Gasteiger partial charge in [-0.3, -0.25) is 9.59 Å². The molecule has 0 N–H and O–H groups in total. The molecule has 4 nitrogen and oxygen atoms in total. The Morgan fingerprint density at radius 3 is 2.28 bits per heavy atom. The Morgan fingerprint density at radius 2 is 1.72 bits per heavy atom. The van der Waals surface area contributed by atoms with E-state index < -0.39 is 0 Å². The molecule has 3 aliphatic rings. The Morgan fingerprint density at radius 1 is 1.06 bits per heavy atom. The van der Waals surface area contributed by atoms with Gasteiger partial charge in [-0.1, -0.05) is 18.2 Å². The Labute approximate surface area is 104 Å². The summed E-state index contributed by atoms with van der Waals surface area (Å²) in [6.45, 7) is 0. The highest BCUT2D eigenvalue weighted by atomic mass is 16.2. The predicted octanol–water partition coefficient (Wildman–Crippen LogP) is 1.39. The molecule has 4 rings (SSSR count). The first-order chi connectivity index (χ1) is 8.77. The summed E-state index contributed by atoms with van der Waals surface area (Å²) in [4.78, 5) is 30.2. The van der Waals surface area contributed by atoms with Crippen LogP contribution in [0, 0.1) is 23.7 Å². The van der Waals surface area contributed by atoms with E-state index >= 15 is 0 Å². The number of hydrogen-bond donors (Lipinski definition) is 0. The summed E-state index contributed by atoms with van der Waals surface area (Å²) in [7, 11) is 0. The third-order valence-corrected chi connectivity index (χ3v) is 4.35.